The second kappa shape index (κ2) is 5.45. The molecular weight excluding hydrogens is 451 g/mol. The van der Waals surface area contributed by atoms with Crippen LogP contribution in [0.25, 0.3) is 0 Å². The van der Waals surface area contributed by atoms with Crippen LogP contribution in [0.4, 0.5) is 0 Å². The van der Waals surface area contributed by atoms with Crippen LogP contribution in [0.15, 0.2) is 12.1 Å². The molecule has 0 saturated heterocycles. The normalized spacial score (nSPS) is 9.08. The average molecular weight is 455 g/mol. The van der Waals surface area contributed by atoms with Crippen molar-refractivity contribution in [2.75, 3.05) is 0 Å². The summed E-state index contributed by atoms with van der Waals surface area (Å²) in [6.07, 6.45) is 0. The topological polar surface area (TPSA) is 57.5 Å². The van der Waals surface area contributed by atoms with Gasteiger partial charge in [-0.15, -0.1) is 0 Å². The Morgan fingerprint density at radius 2 is 1.85 bits per heavy atom. The Bertz CT molecular complexity index is 341. The van der Waals surface area contributed by atoms with Gasteiger partial charge in [-0.3, -0.25) is 0 Å². The maximum atomic E-state index is 10.6. The average Bonchev–Trinajstić information content (AvgIpc) is 1.96. The van der Waals surface area contributed by atoms with Gasteiger partial charge in [0.15, 0.2) is 0 Å². The molecule has 0 heterocycles. The van der Waals surface area contributed by atoms with Crippen LogP contribution in [0.5, 0.6) is 5.75 Å². The predicted molar refractivity (Wildman–Crippen MR) is 60.5 cm³/mol. The zero-order valence-corrected chi connectivity index (χ0v) is 13.7. The minimum atomic E-state index is -1.11. The van der Waals surface area contributed by atoms with Crippen LogP contribution in [0.3, 0.4) is 0 Å². The van der Waals surface area contributed by atoms with Gasteiger partial charge >= 0.3 is 5.97 Å². The van der Waals surface area contributed by atoms with Crippen molar-refractivity contribution >= 4 is 51.2 Å². The largest absolute Gasteiger partial charge is 0.506 e. The van der Waals surface area contributed by atoms with E-state index in [1.807, 2.05) is 45.2 Å². The number of hydrogen-bond acceptors (Lipinski definition) is 2. The molecule has 1 aromatic rings. The molecule has 0 spiro atoms. The summed E-state index contributed by atoms with van der Waals surface area (Å²) in [5.74, 6) is -1.27. The van der Waals surface area contributed by atoms with E-state index in [9.17, 15) is 9.90 Å². The molecule has 0 radical (unpaired) electrons. The minimum Gasteiger partial charge on any atom is -0.506 e. The van der Waals surface area contributed by atoms with E-state index in [1.54, 1.807) is 6.07 Å². The summed E-state index contributed by atoms with van der Waals surface area (Å²) in [5.41, 5.74) is -0.0497. The van der Waals surface area contributed by atoms with E-state index in [-0.39, 0.29) is 30.8 Å². The Morgan fingerprint density at radius 1 is 1.31 bits per heavy atom. The maximum absolute atomic E-state index is 10.6. The predicted octanol–water partition coefficient (Wildman–Crippen LogP) is 2.30. The molecule has 1 aromatic carbocycles. The fourth-order valence-electron chi connectivity index (χ4n) is 0.729. The van der Waals surface area contributed by atoms with E-state index in [2.05, 4.69) is 0 Å². The Morgan fingerprint density at radius 3 is 2.31 bits per heavy atom. The van der Waals surface area contributed by atoms with Gasteiger partial charge in [-0.25, -0.2) is 4.79 Å². The van der Waals surface area contributed by atoms with Gasteiger partial charge < -0.3 is 10.2 Å². The molecule has 2 N–H and O–H groups in total. The summed E-state index contributed by atoms with van der Waals surface area (Å²) in [6.45, 7) is 0. The van der Waals surface area contributed by atoms with Crippen LogP contribution in [0.1, 0.15) is 10.4 Å². The number of carboxylic acid groups (broad SMARTS) is 1. The Labute approximate surface area is 115 Å². The van der Waals surface area contributed by atoms with Gasteiger partial charge in [0.25, 0.3) is 0 Å². The summed E-state index contributed by atoms with van der Waals surface area (Å²) in [6, 6.07) is 3.14. The van der Waals surface area contributed by atoms with E-state index < -0.39 is 5.97 Å². The number of carboxylic acids is 1. The zero-order chi connectivity index (χ0) is 9.30. The molecule has 3 nitrogen and oxygen atoms in total. The van der Waals surface area contributed by atoms with Crippen LogP contribution in [0, 0.1) is 7.14 Å². The van der Waals surface area contributed by atoms with E-state index in [4.69, 9.17) is 5.11 Å². The van der Waals surface area contributed by atoms with Crippen molar-refractivity contribution in [2.45, 2.75) is 0 Å². The van der Waals surface area contributed by atoms with Gasteiger partial charge in [0.1, 0.15) is 11.3 Å². The molecule has 0 bridgehead atoms. The molecule has 0 saturated carbocycles. The molecule has 13 heavy (non-hydrogen) atoms. The monoisotopic (exact) mass is 454 g/mol. The van der Waals surface area contributed by atoms with E-state index >= 15 is 0 Å². The molecule has 0 aliphatic carbocycles. The first-order valence-corrected chi connectivity index (χ1v) is 5.09. The minimum absolute atomic E-state index is 0. The van der Waals surface area contributed by atoms with Crippen molar-refractivity contribution in [3.8, 4) is 5.75 Å². The SMILES string of the molecule is O=C(O)c1cc(I)cc(I)c1O.[Zn]. The van der Waals surface area contributed by atoms with Crippen molar-refractivity contribution in [1.82, 2.24) is 0 Å². The second-order valence-electron chi connectivity index (χ2n) is 2.09. The quantitative estimate of drug-likeness (QED) is 0.505. The number of benzene rings is 1. The van der Waals surface area contributed by atoms with Crippen molar-refractivity contribution in [2.24, 2.45) is 0 Å². The molecule has 1 rings (SSSR count). The van der Waals surface area contributed by atoms with Gasteiger partial charge in [-0.2, -0.15) is 0 Å². The van der Waals surface area contributed by atoms with Crippen LogP contribution in [-0.2, 0) is 19.5 Å². The number of halogens is 2. The molecular formula is C7H4I2O3Zn. The van der Waals surface area contributed by atoms with E-state index in [0.717, 1.165) is 3.57 Å². The first-order chi connectivity index (χ1) is 5.52. The first kappa shape index (κ1) is 13.6. The van der Waals surface area contributed by atoms with Gasteiger partial charge in [0, 0.05) is 23.0 Å². The number of aromatic carboxylic acids is 1. The number of phenols is 1. The molecule has 66 valence electrons. The van der Waals surface area contributed by atoms with Crippen molar-refractivity contribution in [1.29, 1.82) is 0 Å². The van der Waals surface area contributed by atoms with Gasteiger partial charge in [-0.1, -0.05) is 0 Å². The van der Waals surface area contributed by atoms with Crippen molar-refractivity contribution < 1.29 is 34.5 Å². The maximum Gasteiger partial charge on any atom is 0.339 e. The smallest absolute Gasteiger partial charge is 0.339 e. The third-order valence-electron chi connectivity index (χ3n) is 1.26. The van der Waals surface area contributed by atoms with Crippen LogP contribution in [0.2, 0.25) is 0 Å². The Balaban J connectivity index is 0.00000144. The summed E-state index contributed by atoms with van der Waals surface area (Å²) in [7, 11) is 0. The van der Waals surface area contributed by atoms with Crippen LogP contribution >= 0.6 is 45.2 Å². The van der Waals surface area contributed by atoms with Crippen LogP contribution < -0.4 is 0 Å². The molecule has 0 aliphatic rings. The van der Waals surface area contributed by atoms with Gasteiger partial charge in [0.05, 0.1) is 3.57 Å². The number of carbonyl (C=O) groups is 1. The van der Waals surface area contributed by atoms with E-state index in [1.165, 1.54) is 6.07 Å². The molecule has 0 aliphatic heterocycles. The Hall–Kier alpha value is 0.573. The van der Waals surface area contributed by atoms with Gasteiger partial charge in [-0.05, 0) is 57.3 Å². The van der Waals surface area contributed by atoms with Crippen molar-refractivity contribution in [3.63, 3.8) is 0 Å². The molecule has 6 heteroatoms. The number of rotatable bonds is 1. The third kappa shape index (κ3) is 3.32. The van der Waals surface area contributed by atoms with E-state index in [0.29, 0.717) is 3.57 Å². The molecule has 0 unspecified atom stereocenters. The zero-order valence-electron chi connectivity index (χ0n) is 6.42. The summed E-state index contributed by atoms with van der Waals surface area (Å²) in [4.78, 5) is 10.6. The summed E-state index contributed by atoms with van der Waals surface area (Å²) < 4.78 is 1.35. The Kier molecular flexibility index (Phi) is 5.69. The summed E-state index contributed by atoms with van der Waals surface area (Å²) in [5, 5.41) is 17.9. The molecule has 0 aromatic heterocycles. The van der Waals surface area contributed by atoms with Crippen molar-refractivity contribution in [3.05, 3.63) is 24.8 Å². The fourth-order valence-corrected chi connectivity index (χ4v) is 2.57. The summed E-state index contributed by atoms with van der Waals surface area (Å²) >= 11 is 3.89. The first-order valence-electron chi connectivity index (χ1n) is 2.93. The third-order valence-corrected chi connectivity index (χ3v) is 2.70. The molecule has 0 atom stereocenters. The fraction of sp³-hybridized carbons (Fsp3) is 0. The second-order valence-corrected chi connectivity index (χ2v) is 4.50. The standard InChI is InChI=1S/C7H4I2O3.Zn/c8-3-1-4(7(11)12)6(10)5(9)2-3;/h1-2,10H,(H,11,12);. The van der Waals surface area contributed by atoms with Crippen LogP contribution in [-0.4, -0.2) is 16.2 Å². The molecule has 0 fully saturated rings. The van der Waals surface area contributed by atoms with Gasteiger partial charge in [0.2, 0.25) is 0 Å². The molecule has 0 amide bonds. The number of aromatic hydroxyl groups is 1. The number of hydrogen-bond donors (Lipinski definition) is 2.